The van der Waals surface area contributed by atoms with Gasteiger partial charge in [0.25, 0.3) is 5.91 Å². The Morgan fingerprint density at radius 3 is 2.74 bits per heavy atom. The van der Waals surface area contributed by atoms with Gasteiger partial charge in [-0.2, -0.15) is 5.10 Å². The van der Waals surface area contributed by atoms with Crippen molar-refractivity contribution < 1.29 is 19.4 Å². The summed E-state index contributed by atoms with van der Waals surface area (Å²) in [5.74, 6) is 1.58. The highest BCUT2D eigenvalue weighted by Gasteiger charge is 2.12. The maximum absolute atomic E-state index is 12.6. The molecule has 1 heterocycles. The molecule has 3 N–H and O–H groups in total. The number of aromatic hydroxyl groups is 1. The van der Waals surface area contributed by atoms with Crippen LogP contribution >= 0.6 is 0 Å². The second-order valence-electron chi connectivity index (χ2n) is 7.84. The van der Waals surface area contributed by atoms with Gasteiger partial charge in [-0.3, -0.25) is 4.79 Å². The highest BCUT2D eigenvalue weighted by Crippen LogP contribution is 2.29. The Bertz CT molecular complexity index is 1340. The first-order valence-corrected chi connectivity index (χ1v) is 11.0. The molecule has 1 amide bonds. The average molecular weight is 459 g/mol. The molecule has 8 heteroatoms. The van der Waals surface area contributed by atoms with E-state index >= 15 is 0 Å². The number of hydrogen-bond acceptors (Lipinski definition) is 6. The number of hydrazone groups is 1. The van der Waals surface area contributed by atoms with E-state index in [1.807, 2.05) is 45.0 Å². The predicted octanol–water partition coefficient (Wildman–Crippen LogP) is 4.89. The van der Waals surface area contributed by atoms with Gasteiger partial charge in [-0.25, -0.2) is 10.4 Å². The van der Waals surface area contributed by atoms with E-state index < -0.39 is 0 Å². The zero-order valence-electron chi connectivity index (χ0n) is 19.2. The minimum absolute atomic E-state index is 0.0275. The van der Waals surface area contributed by atoms with Crippen LogP contribution in [0, 0.1) is 0 Å². The first-order valence-electron chi connectivity index (χ1n) is 11.0. The van der Waals surface area contributed by atoms with Gasteiger partial charge < -0.3 is 19.6 Å². The fourth-order valence-electron chi connectivity index (χ4n) is 3.41. The predicted molar refractivity (Wildman–Crippen MR) is 132 cm³/mol. The Labute approximate surface area is 197 Å². The molecule has 0 aliphatic carbocycles. The molecular formula is C26H26N4O4. The number of rotatable bonds is 8. The van der Waals surface area contributed by atoms with Crippen molar-refractivity contribution in [1.29, 1.82) is 0 Å². The molecule has 0 radical (unpaired) electrons. The average Bonchev–Trinajstić information content (AvgIpc) is 3.24. The number of hydrogen-bond donors (Lipinski definition) is 3. The lowest BCUT2D eigenvalue weighted by Gasteiger charge is -2.14. The Morgan fingerprint density at radius 1 is 1.15 bits per heavy atom. The molecule has 174 valence electrons. The molecule has 8 nitrogen and oxygen atoms in total. The van der Waals surface area contributed by atoms with E-state index in [0.717, 1.165) is 5.56 Å². The fourth-order valence-corrected chi connectivity index (χ4v) is 3.41. The van der Waals surface area contributed by atoms with E-state index in [1.54, 1.807) is 42.6 Å². The van der Waals surface area contributed by atoms with Crippen molar-refractivity contribution in [2.45, 2.75) is 26.9 Å². The molecule has 3 aromatic carbocycles. The molecule has 34 heavy (non-hydrogen) atoms. The molecule has 4 rings (SSSR count). The fraction of sp³-hybridized carbons (Fsp3) is 0.192. The third-order valence-corrected chi connectivity index (χ3v) is 4.91. The van der Waals surface area contributed by atoms with Crippen LogP contribution in [0.1, 0.15) is 36.7 Å². The maximum Gasteiger partial charge on any atom is 0.271 e. The van der Waals surface area contributed by atoms with Crippen molar-refractivity contribution in [2.24, 2.45) is 5.10 Å². The molecule has 0 spiro atoms. The van der Waals surface area contributed by atoms with Crippen molar-refractivity contribution >= 4 is 23.2 Å². The Morgan fingerprint density at radius 2 is 1.97 bits per heavy atom. The molecule has 4 aromatic rings. The molecule has 0 unspecified atom stereocenters. The highest BCUT2D eigenvalue weighted by atomic mass is 16.5. The number of benzene rings is 3. The number of nitrogens with one attached hydrogen (secondary N) is 2. The number of phenols is 1. The standard InChI is InChI=1S/C26H26N4O4/c1-4-33-24-13-17(9-12-23(24)34-16(2)3)15-27-30-26(32)18-10-11-20-21(14-18)29-25(28-20)19-7-5-6-8-22(19)31/h5-16,31H,4H2,1-3H3,(H,28,29)(H,30,32)/b27-15+. The number of carbonyl (C=O) groups excluding carboxylic acids is 1. The van der Waals surface area contributed by atoms with Gasteiger partial charge in [-0.1, -0.05) is 12.1 Å². The summed E-state index contributed by atoms with van der Waals surface area (Å²) in [4.78, 5) is 20.3. The van der Waals surface area contributed by atoms with E-state index in [1.165, 1.54) is 0 Å². The van der Waals surface area contributed by atoms with Crippen molar-refractivity contribution in [3.63, 3.8) is 0 Å². The summed E-state index contributed by atoms with van der Waals surface area (Å²) in [6.07, 6.45) is 1.57. The van der Waals surface area contributed by atoms with E-state index in [-0.39, 0.29) is 17.8 Å². The number of nitrogens with zero attached hydrogens (tertiary/aromatic N) is 2. The van der Waals surface area contributed by atoms with Crippen LogP contribution in [0.5, 0.6) is 17.2 Å². The van der Waals surface area contributed by atoms with Crippen LogP contribution in [-0.2, 0) is 0 Å². The molecule has 0 saturated carbocycles. The van der Waals surface area contributed by atoms with Crippen LogP contribution in [-0.4, -0.2) is 39.9 Å². The van der Waals surface area contributed by atoms with E-state index in [4.69, 9.17) is 9.47 Å². The number of ether oxygens (including phenoxy) is 2. The Balaban J connectivity index is 1.48. The first kappa shape index (κ1) is 22.8. The van der Waals surface area contributed by atoms with Gasteiger partial charge >= 0.3 is 0 Å². The number of amides is 1. The lowest BCUT2D eigenvalue weighted by atomic mass is 10.2. The second kappa shape index (κ2) is 10.1. The molecule has 0 bridgehead atoms. The van der Waals surface area contributed by atoms with Crippen molar-refractivity contribution in [2.75, 3.05) is 6.61 Å². The normalized spacial score (nSPS) is 11.3. The number of carbonyl (C=O) groups is 1. The van der Waals surface area contributed by atoms with Gasteiger partial charge in [0.05, 0.1) is 35.5 Å². The van der Waals surface area contributed by atoms with Gasteiger partial charge in [-0.05, 0) is 74.9 Å². The van der Waals surface area contributed by atoms with Gasteiger partial charge in [0.1, 0.15) is 11.6 Å². The van der Waals surface area contributed by atoms with Crippen molar-refractivity contribution in [3.05, 3.63) is 71.8 Å². The quantitative estimate of drug-likeness (QED) is 0.257. The summed E-state index contributed by atoms with van der Waals surface area (Å²) in [5.41, 5.74) is 5.68. The number of phenolic OH excluding ortho intramolecular Hbond substituents is 1. The molecule has 0 aliphatic heterocycles. The third-order valence-electron chi connectivity index (χ3n) is 4.91. The monoisotopic (exact) mass is 458 g/mol. The van der Waals surface area contributed by atoms with Crippen LogP contribution in [0.2, 0.25) is 0 Å². The number of H-pyrrole nitrogens is 1. The highest BCUT2D eigenvalue weighted by molar-refractivity contribution is 5.98. The van der Waals surface area contributed by atoms with Crippen LogP contribution < -0.4 is 14.9 Å². The molecule has 0 fully saturated rings. The third kappa shape index (κ3) is 5.17. The molecule has 1 aromatic heterocycles. The number of aromatic nitrogens is 2. The molecular weight excluding hydrogens is 432 g/mol. The van der Waals surface area contributed by atoms with Gasteiger partial charge in [0.2, 0.25) is 0 Å². The Kier molecular flexibility index (Phi) is 6.77. The first-order chi connectivity index (χ1) is 16.4. The number of para-hydroxylation sites is 1. The smallest absolute Gasteiger partial charge is 0.271 e. The van der Waals surface area contributed by atoms with Crippen LogP contribution in [0.4, 0.5) is 0 Å². The summed E-state index contributed by atoms with van der Waals surface area (Å²) in [6, 6.07) is 17.5. The Hall–Kier alpha value is -4.33. The largest absolute Gasteiger partial charge is 0.507 e. The minimum atomic E-state index is -0.360. The summed E-state index contributed by atoms with van der Waals surface area (Å²) in [7, 11) is 0. The van der Waals surface area contributed by atoms with E-state index in [9.17, 15) is 9.90 Å². The summed E-state index contributed by atoms with van der Waals surface area (Å²) >= 11 is 0. The number of aromatic amines is 1. The van der Waals surface area contributed by atoms with Gasteiger partial charge in [0, 0.05) is 5.56 Å². The second-order valence-corrected chi connectivity index (χ2v) is 7.84. The molecule has 0 atom stereocenters. The van der Waals surface area contributed by atoms with E-state index in [2.05, 4.69) is 20.5 Å². The maximum atomic E-state index is 12.6. The zero-order chi connectivity index (χ0) is 24.1. The minimum Gasteiger partial charge on any atom is -0.507 e. The molecule has 0 saturated heterocycles. The summed E-state index contributed by atoms with van der Waals surface area (Å²) < 4.78 is 11.4. The van der Waals surface area contributed by atoms with E-state index in [0.29, 0.717) is 46.1 Å². The topological polar surface area (TPSA) is 109 Å². The number of fused-ring (bicyclic) bond motifs is 1. The summed E-state index contributed by atoms with van der Waals surface area (Å²) in [6.45, 7) is 6.32. The van der Waals surface area contributed by atoms with Crippen LogP contribution in [0.25, 0.3) is 22.4 Å². The zero-order valence-corrected chi connectivity index (χ0v) is 19.2. The number of imidazole rings is 1. The van der Waals surface area contributed by atoms with Gasteiger partial charge in [0.15, 0.2) is 11.5 Å². The lowest BCUT2D eigenvalue weighted by molar-refractivity contribution is 0.0955. The lowest BCUT2D eigenvalue weighted by Crippen LogP contribution is -2.17. The van der Waals surface area contributed by atoms with Gasteiger partial charge in [-0.15, -0.1) is 0 Å². The van der Waals surface area contributed by atoms with Crippen molar-refractivity contribution in [1.82, 2.24) is 15.4 Å². The molecule has 0 aliphatic rings. The van der Waals surface area contributed by atoms with Crippen LogP contribution in [0.3, 0.4) is 0 Å². The SMILES string of the molecule is CCOc1cc(/C=N/NC(=O)c2ccc3nc(-c4ccccc4O)[nH]c3c2)ccc1OC(C)C. The van der Waals surface area contributed by atoms with Crippen molar-refractivity contribution in [3.8, 4) is 28.6 Å². The summed E-state index contributed by atoms with van der Waals surface area (Å²) in [5, 5.41) is 14.1. The van der Waals surface area contributed by atoms with Crippen LogP contribution in [0.15, 0.2) is 65.8 Å².